The van der Waals surface area contributed by atoms with Crippen molar-refractivity contribution in [3.63, 3.8) is 0 Å². The SMILES string of the molecule is COC(=O)C1(OC2(CC3CCC4(CCN(C(=O)O)CC4)N3)C=CC(C(F)(F)F)=CC2)CC1. The zero-order valence-electron chi connectivity index (χ0n) is 18.0. The van der Waals surface area contributed by atoms with E-state index in [4.69, 9.17) is 9.47 Å². The Kier molecular flexibility index (Phi) is 5.82. The molecule has 178 valence electrons. The number of hydrogen-bond acceptors (Lipinski definition) is 5. The number of piperidine rings is 1. The predicted molar refractivity (Wildman–Crippen MR) is 108 cm³/mol. The molecule has 10 heteroatoms. The van der Waals surface area contributed by atoms with Gasteiger partial charge in [-0.2, -0.15) is 13.2 Å². The highest BCUT2D eigenvalue weighted by Gasteiger charge is 2.57. The Balaban J connectivity index is 1.48. The molecule has 2 aliphatic carbocycles. The molecular weight excluding hydrogens is 429 g/mol. The quantitative estimate of drug-likeness (QED) is 0.613. The first-order valence-corrected chi connectivity index (χ1v) is 11.0. The summed E-state index contributed by atoms with van der Waals surface area (Å²) in [6.45, 7) is 0.916. The third-order valence-electron chi connectivity index (χ3n) is 7.29. The summed E-state index contributed by atoms with van der Waals surface area (Å²) in [4.78, 5) is 24.9. The van der Waals surface area contributed by atoms with E-state index in [1.807, 2.05) is 0 Å². The van der Waals surface area contributed by atoms with Gasteiger partial charge in [0.1, 0.15) is 0 Å². The molecule has 2 saturated heterocycles. The average Bonchev–Trinajstić information content (AvgIpc) is 3.42. The lowest BCUT2D eigenvalue weighted by atomic mass is 9.85. The van der Waals surface area contributed by atoms with Crippen LogP contribution in [0.1, 0.15) is 51.4 Å². The van der Waals surface area contributed by atoms with E-state index >= 15 is 0 Å². The molecule has 0 aromatic carbocycles. The minimum Gasteiger partial charge on any atom is -0.467 e. The molecule has 4 aliphatic rings. The summed E-state index contributed by atoms with van der Waals surface area (Å²) in [5, 5.41) is 12.8. The highest BCUT2D eigenvalue weighted by atomic mass is 19.4. The normalized spacial score (nSPS) is 30.8. The monoisotopic (exact) mass is 458 g/mol. The van der Waals surface area contributed by atoms with Crippen LogP contribution >= 0.6 is 0 Å². The first-order chi connectivity index (χ1) is 15.0. The highest BCUT2D eigenvalue weighted by Crippen LogP contribution is 2.48. The van der Waals surface area contributed by atoms with E-state index in [0.29, 0.717) is 45.2 Å². The maximum Gasteiger partial charge on any atom is 0.416 e. The number of rotatable bonds is 5. The molecule has 7 nitrogen and oxygen atoms in total. The molecule has 0 aromatic heterocycles. The molecule has 2 N–H and O–H groups in total. The van der Waals surface area contributed by atoms with Gasteiger partial charge in [-0.15, -0.1) is 0 Å². The summed E-state index contributed by atoms with van der Waals surface area (Å²) in [7, 11) is 1.28. The fourth-order valence-electron chi connectivity index (χ4n) is 5.29. The third-order valence-corrected chi connectivity index (χ3v) is 7.29. The van der Waals surface area contributed by atoms with Crippen molar-refractivity contribution in [1.29, 1.82) is 0 Å². The van der Waals surface area contributed by atoms with Gasteiger partial charge in [0.15, 0.2) is 5.60 Å². The summed E-state index contributed by atoms with van der Waals surface area (Å²) < 4.78 is 50.7. The number of likely N-dealkylation sites (tertiary alicyclic amines) is 1. The second-order valence-corrected chi connectivity index (χ2v) is 9.48. The van der Waals surface area contributed by atoms with E-state index in [1.165, 1.54) is 18.1 Å². The number of alkyl halides is 3. The van der Waals surface area contributed by atoms with Crippen molar-refractivity contribution >= 4 is 12.1 Å². The minimum atomic E-state index is -4.43. The molecule has 0 bridgehead atoms. The molecule has 2 unspecified atom stereocenters. The lowest BCUT2D eigenvalue weighted by Crippen LogP contribution is -2.54. The van der Waals surface area contributed by atoms with Crippen molar-refractivity contribution in [3.8, 4) is 0 Å². The lowest BCUT2D eigenvalue weighted by molar-refractivity contribution is -0.170. The van der Waals surface area contributed by atoms with Crippen molar-refractivity contribution in [2.24, 2.45) is 0 Å². The molecule has 2 atom stereocenters. The van der Waals surface area contributed by atoms with Gasteiger partial charge >= 0.3 is 18.2 Å². The molecule has 4 rings (SSSR count). The molecule has 2 heterocycles. The maximum atomic E-state index is 13.2. The fourth-order valence-corrected chi connectivity index (χ4v) is 5.29. The molecule has 0 aromatic rings. The second-order valence-electron chi connectivity index (χ2n) is 9.48. The Labute approximate surface area is 184 Å². The van der Waals surface area contributed by atoms with Gasteiger partial charge in [-0.25, -0.2) is 9.59 Å². The third kappa shape index (κ3) is 4.52. The van der Waals surface area contributed by atoms with E-state index in [0.717, 1.165) is 25.0 Å². The Morgan fingerprint density at radius 2 is 1.91 bits per heavy atom. The number of nitrogens with zero attached hydrogens (tertiary/aromatic N) is 1. The number of allylic oxidation sites excluding steroid dienone is 2. The number of ether oxygens (including phenoxy) is 2. The molecule has 32 heavy (non-hydrogen) atoms. The van der Waals surface area contributed by atoms with Gasteiger partial charge < -0.3 is 24.8 Å². The zero-order chi connectivity index (χ0) is 23.2. The summed E-state index contributed by atoms with van der Waals surface area (Å²) >= 11 is 0. The second kappa shape index (κ2) is 8.06. The van der Waals surface area contributed by atoms with Crippen molar-refractivity contribution < 1.29 is 37.3 Å². The van der Waals surface area contributed by atoms with E-state index < -0.39 is 35.0 Å². The number of halogens is 3. The van der Waals surface area contributed by atoms with E-state index in [1.54, 1.807) is 0 Å². The van der Waals surface area contributed by atoms with Crippen LogP contribution in [0.2, 0.25) is 0 Å². The topological polar surface area (TPSA) is 88.1 Å². The van der Waals surface area contributed by atoms with Crippen LogP contribution in [0.15, 0.2) is 23.8 Å². The van der Waals surface area contributed by atoms with Crippen LogP contribution in [0.3, 0.4) is 0 Å². The lowest BCUT2D eigenvalue weighted by Gasteiger charge is -2.41. The number of methoxy groups -OCH3 is 1. The zero-order valence-corrected chi connectivity index (χ0v) is 18.0. The van der Waals surface area contributed by atoms with Crippen LogP contribution in [0.25, 0.3) is 0 Å². The molecule has 0 radical (unpaired) electrons. The van der Waals surface area contributed by atoms with Crippen molar-refractivity contribution in [1.82, 2.24) is 10.2 Å². The van der Waals surface area contributed by atoms with Crippen LogP contribution < -0.4 is 5.32 Å². The smallest absolute Gasteiger partial charge is 0.416 e. The van der Waals surface area contributed by atoms with Crippen molar-refractivity contribution in [2.75, 3.05) is 20.2 Å². The number of nitrogens with one attached hydrogen (secondary N) is 1. The summed E-state index contributed by atoms with van der Waals surface area (Å²) in [6, 6.07) is -0.00897. The van der Waals surface area contributed by atoms with Crippen LogP contribution in [-0.2, 0) is 14.3 Å². The van der Waals surface area contributed by atoms with E-state index in [2.05, 4.69) is 5.32 Å². The van der Waals surface area contributed by atoms with E-state index in [9.17, 15) is 27.9 Å². The summed E-state index contributed by atoms with van der Waals surface area (Å²) in [6.07, 6.45) is 2.79. The summed E-state index contributed by atoms with van der Waals surface area (Å²) in [5.41, 5.74) is -3.00. The number of amides is 1. The Bertz CT molecular complexity index is 828. The first-order valence-electron chi connectivity index (χ1n) is 11.0. The Hall–Kier alpha value is -2.07. The Morgan fingerprint density at radius 3 is 2.41 bits per heavy atom. The standard InChI is InChI=1S/C22H29F3N2O5/c1-31-17(28)21(8-9-21)32-20(6-2-15(3-7-20)22(23,24)25)14-16-4-5-19(26-16)10-12-27(13-11-19)18(29)30/h2-3,6,16,26H,4-5,7-14H2,1H3,(H,29,30). The van der Waals surface area contributed by atoms with Gasteiger partial charge in [-0.3, -0.25) is 0 Å². The predicted octanol–water partition coefficient (Wildman–Crippen LogP) is 3.55. The summed E-state index contributed by atoms with van der Waals surface area (Å²) in [5.74, 6) is -0.493. The minimum absolute atomic E-state index is 0.00897. The molecule has 1 amide bonds. The average molecular weight is 458 g/mol. The van der Waals surface area contributed by atoms with Gasteiger partial charge in [0, 0.05) is 24.7 Å². The maximum absolute atomic E-state index is 13.2. The molecule has 3 fully saturated rings. The van der Waals surface area contributed by atoms with Crippen LogP contribution in [0, 0.1) is 0 Å². The van der Waals surface area contributed by atoms with Crippen LogP contribution in [0.4, 0.5) is 18.0 Å². The fraction of sp³-hybridized carbons (Fsp3) is 0.727. The number of carboxylic acid groups (broad SMARTS) is 1. The molecular formula is C22H29F3N2O5. The van der Waals surface area contributed by atoms with Gasteiger partial charge in [0.25, 0.3) is 0 Å². The van der Waals surface area contributed by atoms with Gasteiger partial charge in [-0.05, 0) is 51.4 Å². The number of hydrogen-bond donors (Lipinski definition) is 2. The first kappa shape index (κ1) is 23.1. The van der Waals surface area contributed by atoms with Crippen LogP contribution in [-0.4, -0.2) is 71.2 Å². The van der Waals surface area contributed by atoms with Gasteiger partial charge in [-0.1, -0.05) is 18.2 Å². The molecule has 1 spiro atoms. The van der Waals surface area contributed by atoms with Crippen molar-refractivity contribution in [3.05, 3.63) is 23.8 Å². The molecule has 2 aliphatic heterocycles. The molecule has 1 saturated carbocycles. The largest absolute Gasteiger partial charge is 0.467 e. The van der Waals surface area contributed by atoms with Crippen LogP contribution in [0.5, 0.6) is 0 Å². The number of esters is 1. The number of carbonyl (C=O) groups is 2. The van der Waals surface area contributed by atoms with Gasteiger partial charge in [0.05, 0.1) is 18.3 Å². The van der Waals surface area contributed by atoms with Gasteiger partial charge in [0.2, 0.25) is 0 Å². The Morgan fingerprint density at radius 1 is 1.22 bits per heavy atom. The van der Waals surface area contributed by atoms with E-state index in [-0.39, 0.29) is 18.0 Å². The van der Waals surface area contributed by atoms with Crippen molar-refractivity contribution in [2.45, 2.75) is 80.3 Å². The highest BCUT2D eigenvalue weighted by molar-refractivity contribution is 5.82. The number of carbonyl (C=O) groups excluding carboxylic acids is 1.